The minimum absolute atomic E-state index is 0.0464. The molecule has 2 aliphatic rings. The summed E-state index contributed by atoms with van der Waals surface area (Å²) in [5.74, 6) is 1.80. The maximum atomic E-state index is 12.1. The first-order valence-corrected chi connectivity index (χ1v) is 11.1. The van der Waals surface area contributed by atoms with Gasteiger partial charge >= 0.3 is 6.03 Å². The molecule has 3 atom stereocenters. The van der Waals surface area contributed by atoms with Gasteiger partial charge in [0.2, 0.25) is 5.91 Å². The molecule has 0 bridgehead atoms. The number of fused-ring (bicyclic) bond motifs is 1. The SMILES string of the molecule is O=C(CCCC[C@@H]1SC[C@@H]2NC(=O)N[C@@H]21)NCc1ncc(-c2cccs2)[nH]1. The van der Waals surface area contributed by atoms with Crippen molar-refractivity contribution >= 4 is 35.0 Å². The number of rotatable bonds is 8. The van der Waals surface area contributed by atoms with E-state index in [4.69, 9.17) is 0 Å². The normalized spacial score (nSPS) is 23.7. The number of thiophene rings is 1. The lowest BCUT2D eigenvalue weighted by atomic mass is 10.0. The average Bonchev–Trinajstić information content (AvgIpc) is 3.41. The number of unbranched alkanes of at least 4 members (excludes halogenated alkanes) is 1. The Hall–Kier alpha value is -2.00. The van der Waals surface area contributed by atoms with Gasteiger partial charge in [-0.1, -0.05) is 12.5 Å². The molecule has 4 rings (SSSR count). The van der Waals surface area contributed by atoms with Crippen molar-refractivity contribution in [2.24, 2.45) is 0 Å². The number of imidazole rings is 1. The number of hydrogen-bond acceptors (Lipinski definition) is 5. The van der Waals surface area contributed by atoms with Gasteiger partial charge in [-0.2, -0.15) is 11.8 Å². The van der Waals surface area contributed by atoms with Crippen molar-refractivity contribution in [3.05, 3.63) is 29.5 Å². The Morgan fingerprint density at radius 1 is 1.33 bits per heavy atom. The van der Waals surface area contributed by atoms with E-state index >= 15 is 0 Å². The van der Waals surface area contributed by atoms with E-state index in [2.05, 4.69) is 25.9 Å². The summed E-state index contributed by atoms with van der Waals surface area (Å²) in [6.07, 6.45) is 5.21. The molecule has 0 spiro atoms. The van der Waals surface area contributed by atoms with Gasteiger partial charge in [-0.15, -0.1) is 11.3 Å². The van der Waals surface area contributed by atoms with Crippen LogP contribution in [0.5, 0.6) is 0 Å². The van der Waals surface area contributed by atoms with Crippen LogP contribution in [0, 0.1) is 0 Å². The summed E-state index contributed by atoms with van der Waals surface area (Å²) in [4.78, 5) is 32.1. The highest BCUT2D eigenvalue weighted by Gasteiger charge is 2.42. The number of H-pyrrole nitrogens is 1. The fraction of sp³-hybridized carbons (Fsp3) is 0.500. The Morgan fingerprint density at radius 3 is 3.11 bits per heavy atom. The number of carbonyl (C=O) groups is 2. The molecule has 2 aromatic heterocycles. The molecule has 3 amide bonds. The zero-order valence-corrected chi connectivity index (χ0v) is 16.5. The predicted octanol–water partition coefficient (Wildman–Crippen LogP) is 2.48. The van der Waals surface area contributed by atoms with Crippen LogP contribution < -0.4 is 16.0 Å². The Bertz CT molecular complexity index is 792. The van der Waals surface area contributed by atoms with Gasteiger partial charge in [-0.05, 0) is 24.3 Å². The van der Waals surface area contributed by atoms with Crippen LogP contribution in [-0.4, -0.2) is 45.0 Å². The van der Waals surface area contributed by atoms with Crippen LogP contribution in [0.25, 0.3) is 10.6 Å². The number of nitrogens with zero attached hydrogens (tertiary/aromatic N) is 1. The highest BCUT2D eigenvalue weighted by atomic mass is 32.2. The van der Waals surface area contributed by atoms with E-state index in [1.54, 1.807) is 17.5 Å². The van der Waals surface area contributed by atoms with Gasteiger partial charge in [-0.25, -0.2) is 9.78 Å². The van der Waals surface area contributed by atoms with Crippen molar-refractivity contribution < 1.29 is 9.59 Å². The molecule has 0 aromatic carbocycles. The van der Waals surface area contributed by atoms with Crippen molar-refractivity contribution in [2.75, 3.05) is 5.75 Å². The second-order valence-corrected chi connectivity index (χ2v) is 9.09. The van der Waals surface area contributed by atoms with E-state index < -0.39 is 0 Å². The van der Waals surface area contributed by atoms with Gasteiger partial charge in [0.1, 0.15) is 5.82 Å². The Balaban J connectivity index is 1.13. The van der Waals surface area contributed by atoms with Gasteiger partial charge in [0.15, 0.2) is 0 Å². The van der Waals surface area contributed by atoms with Gasteiger partial charge in [-0.3, -0.25) is 4.79 Å². The summed E-state index contributed by atoms with van der Waals surface area (Å²) in [5, 5.41) is 11.4. The van der Waals surface area contributed by atoms with Crippen LogP contribution in [0.3, 0.4) is 0 Å². The summed E-state index contributed by atoms with van der Waals surface area (Å²) in [6.45, 7) is 0.421. The van der Waals surface area contributed by atoms with Gasteiger partial charge < -0.3 is 20.9 Å². The molecule has 2 aromatic rings. The zero-order valence-electron chi connectivity index (χ0n) is 14.9. The summed E-state index contributed by atoms with van der Waals surface area (Å²) in [7, 11) is 0. The fourth-order valence-corrected chi connectivity index (χ4v) is 5.79. The van der Waals surface area contributed by atoms with Crippen molar-refractivity contribution in [3.8, 4) is 10.6 Å². The third-order valence-corrected chi connectivity index (χ3v) is 7.36. The molecule has 9 heteroatoms. The molecule has 2 saturated heterocycles. The second-order valence-electron chi connectivity index (χ2n) is 6.87. The quantitative estimate of drug-likeness (QED) is 0.400. The Kier molecular flexibility index (Phi) is 5.68. The standard InChI is InChI=1S/C18H23N5O2S2/c24-16(20-9-15-19-8-11(21-15)13-5-3-7-26-13)6-2-1-4-14-17-12(10-27-14)22-18(25)23-17/h3,5,7-8,12,14,17H,1-2,4,6,9-10H2,(H,19,21)(H,20,24)(H2,22,23,25)/t12-,14-,17-/m0/s1. The minimum atomic E-state index is -0.0464. The van der Waals surface area contributed by atoms with Crippen LogP contribution in [0.4, 0.5) is 4.79 Å². The fourth-order valence-electron chi connectivity index (χ4n) is 3.55. The summed E-state index contributed by atoms with van der Waals surface area (Å²) < 4.78 is 0. The van der Waals surface area contributed by atoms with Crippen molar-refractivity contribution in [3.63, 3.8) is 0 Å². The second kappa shape index (κ2) is 8.35. The zero-order chi connectivity index (χ0) is 18.6. The minimum Gasteiger partial charge on any atom is -0.349 e. The lowest BCUT2D eigenvalue weighted by molar-refractivity contribution is -0.121. The Morgan fingerprint density at radius 2 is 2.26 bits per heavy atom. The number of amides is 3. The van der Waals surface area contributed by atoms with Crippen LogP contribution in [-0.2, 0) is 11.3 Å². The topological polar surface area (TPSA) is 98.9 Å². The summed E-state index contributed by atoms with van der Waals surface area (Å²) in [6, 6.07) is 4.51. The first-order valence-electron chi connectivity index (χ1n) is 9.22. The van der Waals surface area contributed by atoms with E-state index in [9.17, 15) is 9.59 Å². The molecule has 4 N–H and O–H groups in total. The number of aromatic nitrogens is 2. The Labute approximate surface area is 166 Å². The van der Waals surface area contributed by atoms with E-state index in [1.165, 1.54) is 0 Å². The van der Waals surface area contributed by atoms with Crippen molar-refractivity contribution in [1.82, 2.24) is 25.9 Å². The molecule has 2 aliphatic heterocycles. The van der Waals surface area contributed by atoms with Gasteiger partial charge in [0.25, 0.3) is 0 Å². The molecule has 4 heterocycles. The number of thioether (sulfide) groups is 1. The van der Waals surface area contributed by atoms with Crippen LogP contribution in [0.1, 0.15) is 31.5 Å². The van der Waals surface area contributed by atoms with Crippen molar-refractivity contribution in [1.29, 1.82) is 0 Å². The molecule has 144 valence electrons. The maximum absolute atomic E-state index is 12.1. The molecule has 0 unspecified atom stereocenters. The van der Waals surface area contributed by atoms with E-state index in [0.29, 0.717) is 18.2 Å². The van der Waals surface area contributed by atoms with Crippen molar-refractivity contribution in [2.45, 2.75) is 49.6 Å². The number of nitrogens with one attached hydrogen (secondary N) is 4. The average molecular weight is 406 g/mol. The molecule has 0 aliphatic carbocycles. The monoisotopic (exact) mass is 405 g/mol. The number of carbonyl (C=O) groups excluding carboxylic acids is 2. The smallest absolute Gasteiger partial charge is 0.315 e. The molecule has 7 nitrogen and oxygen atoms in total. The van der Waals surface area contributed by atoms with Gasteiger partial charge in [0.05, 0.1) is 35.4 Å². The number of urea groups is 1. The van der Waals surface area contributed by atoms with E-state index in [1.807, 2.05) is 29.3 Å². The highest BCUT2D eigenvalue weighted by molar-refractivity contribution is 8.00. The maximum Gasteiger partial charge on any atom is 0.315 e. The van der Waals surface area contributed by atoms with Crippen LogP contribution >= 0.6 is 23.1 Å². The molecule has 0 saturated carbocycles. The largest absolute Gasteiger partial charge is 0.349 e. The number of hydrogen-bond donors (Lipinski definition) is 4. The number of aromatic amines is 1. The summed E-state index contributed by atoms with van der Waals surface area (Å²) in [5.41, 5.74) is 0.982. The third kappa shape index (κ3) is 4.47. The lowest BCUT2D eigenvalue weighted by Crippen LogP contribution is -2.36. The molecule has 2 fully saturated rings. The summed E-state index contributed by atoms with van der Waals surface area (Å²) >= 11 is 3.57. The first-order chi connectivity index (χ1) is 13.2. The molecule has 0 radical (unpaired) electrons. The third-order valence-electron chi connectivity index (χ3n) is 4.95. The van der Waals surface area contributed by atoms with E-state index in [-0.39, 0.29) is 24.0 Å². The molecular weight excluding hydrogens is 382 g/mol. The molecular formula is C18H23N5O2S2. The van der Waals surface area contributed by atoms with Gasteiger partial charge in [0, 0.05) is 17.4 Å². The highest BCUT2D eigenvalue weighted by Crippen LogP contribution is 2.33. The van der Waals surface area contributed by atoms with Crippen LogP contribution in [0.15, 0.2) is 23.7 Å². The van der Waals surface area contributed by atoms with Crippen LogP contribution in [0.2, 0.25) is 0 Å². The lowest BCUT2D eigenvalue weighted by Gasteiger charge is -2.16. The first kappa shape index (κ1) is 18.4. The molecule has 27 heavy (non-hydrogen) atoms. The van der Waals surface area contributed by atoms with E-state index in [0.717, 1.165) is 41.4 Å². The predicted molar refractivity (Wildman–Crippen MR) is 108 cm³/mol.